The molecule has 3 N–H and O–H groups in total. The zero-order valence-corrected chi connectivity index (χ0v) is 16.8. The third-order valence-corrected chi connectivity index (χ3v) is 5.39. The van der Waals surface area contributed by atoms with Gasteiger partial charge in [-0.15, -0.1) is 0 Å². The van der Waals surface area contributed by atoms with Crippen LogP contribution in [0.25, 0.3) is 0 Å². The zero-order chi connectivity index (χ0) is 23.0. The Labute approximate surface area is 166 Å². The number of carbonyl (C=O) groups excluding carboxylic acids is 2. The normalized spacial score (nSPS) is 24.5. The van der Waals surface area contributed by atoms with Crippen molar-refractivity contribution in [2.24, 2.45) is 5.92 Å². The maximum absolute atomic E-state index is 14.7. The fourth-order valence-electron chi connectivity index (χ4n) is 3.01. The summed E-state index contributed by atoms with van der Waals surface area (Å²) in [5, 5.41) is 0. The maximum Gasteiger partial charge on any atom is 0.395 e. The lowest BCUT2D eigenvalue weighted by Gasteiger charge is -2.30. The van der Waals surface area contributed by atoms with Gasteiger partial charge in [0.1, 0.15) is 18.6 Å². The van der Waals surface area contributed by atoms with Gasteiger partial charge >= 0.3 is 30.9 Å². The maximum atomic E-state index is 14.7. The van der Waals surface area contributed by atoms with Crippen LogP contribution in [-0.4, -0.2) is 55.8 Å². The van der Waals surface area contributed by atoms with Gasteiger partial charge < -0.3 is 24.0 Å². The molecule has 4 atom stereocenters. The fraction of sp³-hybridized carbons (Fsp3) is 0.600. The SMILES string of the molecule is CC(=O)OC[C@H]1O[C@@H](n2cc(C)c(=O)[nH]c2=O)[C@H](OC(C)=O)[C@@H]1C(F)(F)P(=O)(O)O. The highest BCUT2D eigenvalue weighted by molar-refractivity contribution is 7.53. The van der Waals surface area contributed by atoms with Crippen LogP contribution in [0.1, 0.15) is 25.6 Å². The lowest BCUT2D eigenvalue weighted by Crippen LogP contribution is -2.45. The van der Waals surface area contributed by atoms with Crippen LogP contribution in [-0.2, 0) is 28.4 Å². The first-order chi connectivity index (χ1) is 13.7. The van der Waals surface area contributed by atoms with Crippen LogP contribution in [0.4, 0.5) is 8.78 Å². The van der Waals surface area contributed by atoms with Crippen molar-refractivity contribution < 1.29 is 46.9 Å². The Bertz CT molecular complexity index is 1000. The van der Waals surface area contributed by atoms with E-state index in [1.54, 1.807) is 0 Å². The monoisotopic (exact) mass is 456 g/mol. The van der Waals surface area contributed by atoms with E-state index in [2.05, 4.69) is 4.74 Å². The molecule has 168 valence electrons. The van der Waals surface area contributed by atoms with E-state index in [1.165, 1.54) is 6.92 Å². The quantitative estimate of drug-likeness (QED) is 0.378. The fourth-order valence-corrected chi connectivity index (χ4v) is 3.71. The number of nitrogens with zero attached hydrogens (tertiary/aromatic N) is 1. The number of rotatable bonds is 6. The molecular formula is C15H19F2N2O10P. The molecule has 0 aliphatic carbocycles. The molecule has 1 fully saturated rings. The largest absolute Gasteiger partial charge is 0.463 e. The number of ether oxygens (including phenoxy) is 3. The molecule has 0 radical (unpaired) electrons. The van der Waals surface area contributed by atoms with Crippen molar-refractivity contribution in [3.8, 4) is 0 Å². The summed E-state index contributed by atoms with van der Waals surface area (Å²) in [4.78, 5) is 66.7. The second-order valence-electron chi connectivity index (χ2n) is 6.58. The Balaban J connectivity index is 2.65. The third kappa shape index (κ3) is 4.67. The summed E-state index contributed by atoms with van der Waals surface area (Å²) in [5.41, 5.74) is -6.69. The average molecular weight is 456 g/mol. The Morgan fingerprint density at radius 2 is 1.90 bits per heavy atom. The summed E-state index contributed by atoms with van der Waals surface area (Å²) in [6.07, 6.45) is -4.80. The summed E-state index contributed by atoms with van der Waals surface area (Å²) in [7, 11) is -6.12. The predicted octanol–water partition coefficient (Wildman–Crippen LogP) is -0.376. The second-order valence-corrected chi connectivity index (χ2v) is 8.26. The summed E-state index contributed by atoms with van der Waals surface area (Å²) < 4.78 is 56.4. The first kappa shape index (κ1) is 23.9. The molecule has 12 nitrogen and oxygen atoms in total. The van der Waals surface area contributed by atoms with E-state index >= 15 is 0 Å². The van der Waals surface area contributed by atoms with Gasteiger partial charge in [-0.2, -0.15) is 8.78 Å². The smallest absolute Gasteiger partial charge is 0.395 e. The minimum absolute atomic E-state index is 0.0264. The number of esters is 2. The number of nitrogens with one attached hydrogen (secondary N) is 1. The van der Waals surface area contributed by atoms with Crippen molar-refractivity contribution in [1.82, 2.24) is 9.55 Å². The lowest BCUT2D eigenvalue weighted by atomic mass is 9.98. The van der Waals surface area contributed by atoms with Gasteiger partial charge in [-0.1, -0.05) is 0 Å². The number of hydrogen-bond donors (Lipinski definition) is 3. The van der Waals surface area contributed by atoms with E-state index in [9.17, 15) is 42.3 Å². The van der Waals surface area contributed by atoms with Crippen LogP contribution in [0, 0.1) is 12.8 Å². The highest BCUT2D eigenvalue weighted by Crippen LogP contribution is 2.61. The molecule has 1 saturated heterocycles. The van der Waals surface area contributed by atoms with Crippen LogP contribution in [0.5, 0.6) is 0 Å². The van der Waals surface area contributed by atoms with E-state index in [0.717, 1.165) is 20.0 Å². The van der Waals surface area contributed by atoms with Gasteiger partial charge in [0.2, 0.25) is 0 Å². The van der Waals surface area contributed by atoms with Crippen molar-refractivity contribution in [2.45, 2.75) is 44.9 Å². The van der Waals surface area contributed by atoms with Crippen LogP contribution >= 0.6 is 7.60 Å². The van der Waals surface area contributed by atoms with E-state index < -0.39 is 67.4 Å². The van der Waals surface area contributed by atoms with E-state index in [0.29, 0.717) is 4.57 Å². The second kappa shape index (κ2) is 8.38. The molecule has 1 aliphatic heterocycles. The standard InChI is InChI=1S/C15H19F2N2O10P/c1-6-4-19(14(23)18-12(6)22)13-11(28-8(3)21)10(15(16,17)30(24,25)26)9(29-13)5-27-7(2)20/h4,9-11,13H,5H2,1-3H3,(H,18,22,23)(H2,24,25,26)/t9-,10-,11-,13-/m1/s1. The summed E-state index contributed by atoms with van der Waals surface area (Å²) >= 11 is 0. The minimum Gasteiger partial charge on any atom is -0.463 e. The van der Waals surface area contributed by atoms with E-state index in [-0.39, 0.29) is 5.56 Å². The Hall–Kier alpha value is -2.41. The van der Waals surface area contributed by atoms with Gasteiger partial charge in [0, 0.05) is 25.6 Å². The molecule has 0 spiro atoms. The number of aromatic amines is 1. The molecule has 1 aliphatic rings. The molecule has 0 bridgehead atoms. The van der Waals surface area contributed by atoms with Gasteiger partial charge in [0.05, 0.1) is 0 Å². The van der Waals surface area contributed by atoms with Crippen molar-refractivity contribution in [3.63, 3.8) is 0 Å². The number of carbonyl (C=O) groups is 2. The third-order valence-electron chi connectivity index (χ3n) is 4.31. The molecule has 15 heteroatoms. The van der Waals surface area contributed by atoms with Crippen molar-refractivity contribution >= 4 is 19.5 Å². The van der Waals surface area contributed by atoms with Gasteiger partial charge in [0.25, 0.3) is 5.56 Å². The Kier molecular flexibility index (Phi) is 6.66. The van der Waals surface area contributed by atoms with Gasteiger partial charge in [-0.3, -0.25) is 28.5 Å². The topological polar surface area (TPSA) is 174 Å². The first-order valence-corrected chi connectivity index (χ1v) is 9.99. The van der Waals surface area contributed by atoms with Crippen LogP contribution in [0.15, 0.2) is 15.8 Å². The summed E-state index contributed by atoms with van der Waals surface area (Å²) in [5.74, 6) is -4.51. The van der Waals surface area contributed by atoms with Gasteiger partial charge in [-0.05, 0) is 6.92 Å². The Morgan fingerprint density at radius 1 is 1.30 bits per heavy atom. The summed E-state index contributed by atoms with van der Waals surface area (Å²) in [6, 6.07) is 0. The number of alkyl halides is 2. The highest BCUT2D eigenvalue weighted by Gasteiger charge is 2.67. The van der Waals surface area contributed by atoms with Crippen molar-refractivity contribution in [1.29, 1.82) is 0 Å². The number of H-pyrrole nitrogens is 1. The lowest BCUT2D eigenvalue weighted by molar-refractivity contribution is -0.158. The number of aromatic nitrogens is 2. The number of hydrogen-bond acceptors (Lipinski definition) is 8. The van der Waals surface area contributed by atoms with Crippen LogP contribution in [0.3, 0.4) is 0 Å². The number of halogens is 2. The molecule has 30 heavy (non-hydrogen) atoms. The zero-order valence-electron chi connectivity index (χ0n) is 15.9. The predicted molar refractivity (Wildman–Crippen MR) is 92.6 cm³/mol. The van der Waals surface area contributed by atoms with Crippen molar-refractivity contribution in [3.05, 3.63) is 32.6 Å². The average Bonchev–Trinajstić information content (AvgIpc) is 2.93. The molecule has 1 aromatic heterocycles. The first-order valence-electron chi connectivity index (χ1n) is 8.38. The Morgan fingerprint density at radius 3 is 2.40 bits per heavy atom. The number of aryl methyl sites for hydroxylation is 1. The molecule has 1 aromatic rings. The highest BCUT2D eigenvalue weighted by atomic mass is 31.2. The summed E-state index contributed by atoms with van der Waals surface area (Å²) in [6.45, 7) is 2.23. The molecule has 2 heterocycles. The van der Waals surface area contributed by atoms with Crippen molar-refractivity contribution in [2.75, 3.05) is 6.61 Å². The van der Waals surface area contributed by atoms with Gasteiger partial charge in [0.15, 0.2) is 12.3 Å². The van der Waals surface area contributed by atoms with E-state index in [4.69, 9.17) is 9.47 Å². The van der Waals surface area contributed by atoms with Crippen LogP contribution in [0.2, 0.25) is 0 Å². The molecule has 0 aromatic carbocycles. The van der Waals surface area contributed by atoms with Crippen LogP contribution < -0.4 is 11.2 Å². The van der Waals surface area contributed by atoms with E-state index in [1.807, 2.05) is 4.98 Å². The molecule has 2 rings (SSSR count). The molecule has 0 amide bonds. The molecule has 0 unspecified atom stereocenters. The van der Waals surface area contributed by atoms with Gasteiger partial charge in [-0.25, -0.2) is 4.79 Å². The molecule has 0 saturated carbocycles. The molecular weight excluding hydrogens is 437 g/mol. The minimum atomic E-state index is -6.12.